The third-order valence-electron chi connectivity index (χ3n) is 3.68. The number of thioether (sulfide) groups is 2. The van der Waals surface area contributed by atoms with Crippen molar-refractivity contribution in [2.24, 2.45) is 9.98 Å². The lowest BCUT2D eigenvalue weighted by atomic mass is 10.1. The van der Waals surface area contributed by atoms with E-state index in [1.165, 1.54) is 23.5 Å². The maximum atomic E-state index is 14.2. The molecule has 1 aliphatic carbocycles. The van der Waals surface area contributed by atoms with E-state index in [1.807, 2.05) is 7.05 Å². The van der Waals surface area contributed by atoms with Crippen molar-refractivity contribution in [3.63, 3.8) is 0 Å². The van der Waals surface area contributed by atoms with Gasteiger partial charge in [0.15, 0.2) is 11.8 Å². The van der Waals surface area contributed by atoms with E-state index in [2.05, 4.69) is 15.3 Å². The van der Waals surface area contributed by atoms with Crippen molar-refractivity contribution in [1.29, 1.82) is 0 Å². The number of carboxylic acid groups (broad SMARTS) is 1. The number of halogens is 1. The van der Waals surface area contributed by atoms with E-state index < -0.39 is 12.0 Å². The van der Waals surface area contributed by atoms with E-state index in [0.29, 0.717) is 22.4 Å². The Kier molecular flexibility index (Phi) is 5.62. The molecule has 0 bridgehead atoms. The summed E-state index contributed by atoms with van der Waals surface area (Å²) in [4.78, 5) is 20.6. The number of allylic oxidation sites excluding steroid dienone is 1. The minimum Gasteiger partial charge on any atom is -0.491 e. The van der Waals surface area contributed by atoms with Crippen LogP contribution < -0.4 is 5.32 Å². The molecular formula is C15H18FN3O3S2. The number of aliphatic carboxylic acids is 1. The first-order valence-corrected chi connectivity index (χ1v) is 9.45. The maximum absolute atomic E-state index is 14.2. The number of nitrogens with one attached hydrogen (secondary N) is 1. The number of rotatable bonds is 7. The van der Waals surface area contributed by atoms with Crippen LogP contribution in [0.5, 0.6) is 0 Å². The highest BCUT2D eigenvalue weighted by atomic mass is 32.2. The third-order valence-corrected chi connectivity index (χ3v) is 5.98. The summed E-state index contributed by atoms with van der Waals surface area (Å²) in [5, 5.41) is 13.4. The molecule has 9 heteroatoms. The summed E-state index contributed by atoms with van der Waals surface area (Å²) < 4.78 is 19.7. The summed E-state index contributed by atoms with van der Waals surface area (Å²) in [6.07, 6.45) is 2.70. The quantitative estimate of drug-likeness (QED) is 0.668. The second-order valence-electron chi connectivity index (χ2n) is 5.48. The number of nitrogens with zero attached hydrogens (tertiary/aromatic N) is 2. The van der Waals surface area contributed by atoms with Crippen molar-refractivity contribution in [3.05, 3.63) is 22.6 Å². The number of aliphatic imine (C=N–C) groups is 2. The summed E-state index contributed by atoms with van der Waals surface area (Å²) in [6.45, 7) is 1.27. The number of hydrogen-bond donors (Lipinski definition) is 2. The molecule has 0 saturated heterocycles. The zero-order valence-electron chi connectivity index (χ0n) is 13.1. The van der Waals surface area contributed by atoms with Gasteiger partial charge in [0.1, 0.15) is 15.9 Å². The van der Waals surface area contributed by atoms with Gasteiger partial charge in [0.05, 0.1) is 12.6 Å². The molecule has 130 valence electrons. The van der Waals surface area contributed by atoms with Gasteiger partial charge >= 0.3 is 5.97 Å². The van der Waals surface area contributed by atoms with Crippen LogP contribution in [0.4, 0.5) is 4.39 Å². The van der Waals surface area contributed by atoms with Gasteiger partial charge in [-0.1, -0.05) is 11.8 Å². The largest absolute Gasteiger partial charge is 0.491 e. The minimum atomic E-state index is -0.928. The molecule has 6 nitrogen and oxygen atoms in total. The van der Waals surface area contributed by atoms with Crippen molar-refractivity contribution in [3.8, 4) is 0 Å². The summed E-state index contributed by atoms with van der Waals surface area (Å²) in [5.74, 6) is -0.517. The van der Waals surface area contributed by atoms with Crippen LogP contribution in [0.15, 0.2) is 32.6 Å². The summed E-state index contributed by atoms with van der Waals surface area (Å²) >= 11 is 2.82. The first kappa shape index (κ1) is 17.5. The number of ether oxygens (including phenoxy) is 1. The highest BCUT2D eigenvalue weighted by Crippen LogP contribution is 2.42. The molecule has 2 N–H and O–H groups in total. The SMILES string of the molecule is CNCCCOC1=C(F)C[C@H]2N=C(C3=N[C@@H](C(=O)O)CS3)SC2=C1. The Hall–Kier alpha value is -1.32. The minimum absolute atomic E-state index is 0.185. The maximum Gasteiger partial charge on any atom is 0.329 e. The fraction of sp³-hybridized carbons (Fsp3) is 0.533. The van der Waals surface area contributed by atoms with E-state index in [4.69, 9.17) is 9.84 Å². The summed E-state index contributed by atoms with van der Waals surface area (Å²) in [5.41, 5.74) is 0. The normalized spacial score (nSPS) is 26.0. The zero-order valence-corrected chi connectivity index (χ0v) is 14.8. The Balaban J connectivity index is 1.64. The monoisotopic (exact) mass is 371 g/mol. The van der Waals surface area contributed by atoms with Gasteiger partial charge in [0.25, 0.3) is 0 Å². The van der Waals surface area contributed by atoms with Gasteiger partial charge in [-0.15, -0.1) is 11.8 Å². The highest BCUT2D eigenvalue weighted by Gasteiger charge is 2.35. The molecule has 0 unspecified atom stereocenters. The Bertz CT molecular complexity index is 660. The molecular weight excluding hydrogens is 353 g/mol. The molecule has 2 heterocycles. The molecule has 2 atom stereocenters. The number of carboxylic acids is 1. The number of fused-ring (bicyclic) bond motifs is 1. The van der Waals surface area contributed by atoms with Crippen LogP contribution in [0.1, 0.15) is 12.8 Å². The van der Waals surface area contributed by atoms with Crippen molar-refractivity contribution in [2.45, 2.75) is 24.9 Å². The third kappa shape index (κ3) is 3.84. The first-order valence-electron chi connectivity index (χ1n) is 7.65. The second-order valence-corrected chi connectivity index (χ2v) is 7.55. The number of hydrogen-bond acceptors (Lipinski definition) is 7. The van der Waals surface area contributed by atoms with Crippen LogP contribution in [0.25, 0.3) is 0 Å². The van der Waals surface area contributed by atoms with Gasteiger partial charge in [0.2, 0.25) is 0 Å². The smallest absolute Gasteiger partial charge is 0.329 e. The molecule has 2 aliphatic heterocycles. The lowest BCUT2D eigenvalue weighted by molar-refractivity contribution is -0.137. The van der Waals surface area contributed by atoms with E-state index in [-0.39, 0.29) is 24.0 Å². The molecule has 0 saturated carbocycles. The molecule has 0 amide bonds. The van der Waals surface area contributed by atoms with Crippen LogP contribution >= 0.6 is 23.5 Å². The fourth-order valence-electron chi connectivity index (χ4n) is 2.43. The molecule has 0 aromatic carbocycles. The Morgan fingerprint density at radius 3 is 3.04 bits per heavy atom. The van der Waals surface area contributed by atoms with Gasteiger partial charge in [0, 0.05) is 17.1 Å². The number of carbonyl (C=O) groups is 1. The molecule has 3 rings (SSSR count). The zero-order chi connectivity index (χ0) is 17.1. The molecule has 0 fully saturated rings. The van der Waals surface area contributed by atoms with E-state index in [0.717, 1.165) is 17.9 Å². The summed E-state index contributed by atoms with van der Waals surface area (Å²) in [6, 6.07) is -0.965. The van der Waals surface area contributed by atoms with Crippen LogP contribution in [0.3, 0.4) is 0 Å². The standard InChI is InChI=1S/C15H18FN3O3S2/c1-17-3-2-4-22-11-6-12-9(5-8(11)16)18-14(24-12)13-19-10(7-23-13)15(20)21/h6,9-10,17H,2-5,7H2,1H3,(H,20,21)/t9-,10-/m1/s1. The first-order chi connectivity index (χ1) is 11.6. The molecule has 0 aromatic heterocycles. The Morgan fingerprint density at radius 2 is 2.33 bits per heavy atom. The highest BCUT2D eigenvalue weighted by molar-refractivity contribution is 8.27. The fourth-order valence-corrected chi connectivity index (χ4v) is 4.62. The molecule has 0 radical (unpaired) electrons. The van der Waals surface area contributed by atoms with Gasteiger partial charge < -0.3 is 15.2 Å². The van der Waals surface area contributed by atoms with Crippen LogP contribution in [0.2, 0.25) is 0 Å². The molecule has 0 aromatic rings. The van der Waals surface area contributed by atoms with Crippen molar-refractivity contribution < 1.29 is 19.0 Å². The Labute approximate surface area is 147 Å². The van der Waals surface area contributed by atoms with Gasteiger partial charge in [-0.05, 0) is 26.1 Å². The van der Waals surface area contributed by atoms with Gasteiger partial charge in [-0.2, -0.15) is 0 Å². The lowest BCUT2D eigenvalue weighted by Gasteiger charge is -2.17. The average molecular weight is 371 g/mol. The Morgan fingerprint density at radius 1 is 1.50 bits per heavy atom. The lowest BCUT2D eigenvalue weighted by Crippen LogP contribution is -2.17. The predicted octanol–water partition coefficient (Wildman–Crippen LogP) is 2.19. The summed E-state index contributed by atoms with van der Waals surface area (Å²) in [7, 11) is 1.86. The predicted molar refractivity (Wildman–Crippen MR) is 95.5 cm³/mol. The topological polar surface area (TPSA) is 83.3 Å². The van der Waals surface area contributed by atoms with Crippen molar-refractivity contribution >= 4 is 39.6 Å². The second kappa shape index (κ2) is 7.71. The van der Waals surface area contributed by atoms with Crippen LogP contribution in [-0.4, -0.2) is 59.2 Å². The van der Waals surface area contributed by atoms with E-state index in [1.54, 1.807) is 6.08 Å². The van der Waals surface area contributed by atoms with E-state index >= 15 is 0 Å². The van der Waals surface area contributed by atoms with Gasteiger partial charge in [-0.25, -0.2) is 9.18 Å². The van der Waals surface area contributed by atoms with Crippen LogP contribution in [-0.2, 0) is 9.53 Å². The van der Waals surface area contributed by atoms with E-state index in [9.17, 15) is 9.18 Å². The van der Waals surface area contributed by atoms with Crippen LogP contribution in [0, 0.1) is 0 Å². The van der Waals surface area contributed by atoms with Crippen molar-refractivity contribution in [1.82, 2.24) is 5.32 Å². The molecule has 24 heavy (non-hydrogen) atoms. The van der Waals surface area contributed by atoms with Gasteiger partial charge in [-0.3, -0.25) is 9.98 Å². The molecule has 0 spiro atoms. The molecule has 3 aliphatic rings. The average Bonchev–Trinajstić information content (AvgIpc) is 3.17. The van der Waals surface area contributed by atoms with Crippen molar-refractivity contribution in [2.75, 3.05) is 26.0 Å².